The molecule has 1 aliphatic rings. The van der Waals surface area contributed by atoms with Crippen molar-refractivity contribution in [2.45, 2.75) is 0 Å². The van der Waals surface area contributed by atoms with Crippen LogP contribution in [-0.4, -0.2) is 11.6 Å². The summed E-state index contributed by atoms with van der Waals surface area (Å²) in [5.41, 5.74) is 4.06. The number of hydrogen-bond acceptors (Lipinski definition) is 5. The van der Waals surface area contributed by atoms with Gasteiger partial charge in [0.1, 0.15) is 0 Å². The van der Waals surface area contributed by atoms with Gasteiger partial charge in [-0.25, -0.2) is 8.53 Å². The predicted molar refractivity (Wildman–Crippen MR) is 39.4 cm³/mol. The lowest BCUT2D eigenvalue weighted by Crippen LogP contribution is -2.14. The molecule has 0 unspecified atom stereocenters. The van der Waals surface area contributed by atoms with Gasteiger partial charge in [0, 0.05) is 0 Å². The summed E-state index contributed by atoms with van der Waals surface area (Å²) in [5.74, 6) is -0.241. The molecule has 0 saturated heterocycles. The monoisotopic (exact) mass is 187 g/mol. The molecule has 1 rings (SSSR count). The Morgan fingerprint density at radius 1 is 1.00 bits per heavy atom. The summed E-state index contributed by atoms with van der Waals surface area (Å²) in [6, 6.07) is 0. The average Bonchev–Trinajstić information content (AvgIpc) is 1.94. The zero-order valence-electron chi connectivity index (χ0n) is 5.97. The second-order valence-electron chi connectivity index (χ2n) is 1.76. The Morgan fingerprint density at radius 2 is 1.17 bits per heavy atom. The minimum absolute atomic E-state index is 0.121. The fourth-order valence-corrected chi connectivity index (χ4v) is 0.440. The zero-order valence-corrected chi connectivity index (χ0v) is 6.86. The van der Waals surface area contributed by atoms with Gasteiger partial charge in [-0.05, 0) is 24.3 Å². The maximum atomic E-state index is 10.3. The smallest absolute Gasteiger partial charge is 0.178 e. The van der Waals surface area contributed by atoms with Gasteiger partial charge < -0.3 is 15.3 Å². The van der Waals surface area contributed by atoms with Crippen LogP contribution < -0.4 is 15.3 Å². The highest BCUT2D eigenvalue weighted by Gasteiger charge is 1.97. The van der Waals surface area contributed by atoms with Gasteiger partial charge >= 0.3 is 0 Å². The van der Waals surface area contributed by atoms with Crippen molar-refractivity contribution < 1.29 is 19.4 Å². The van der Waals surface area contributed by atoms with Crippen LogP contribution in [-0.2, 0) is 9.59 Å². The van der Waals surface area contributed by atoms with Crippen molar-refractivity contribution in [3.8, 4) is 0 Å². The standard InChI is InChI=1S/C6H4O2.H2NO2P/c7-5-1-2-6(8)4-3-5;1-4(2)3/h1-4H;1H2/q;-2. The Balaban J connectivity index is 0.000000261. The molecule has 0 aromatic heterocycles. The fraction of sp³-hybridized carbons (Fsp3) is 0. The van der Waals surface area contributed by atoms with Crippen LogP contribution in [0, 0.1) is 0 Å². The molecule has 0 bridgehead atoms. The van der Waals surface area contributed by atoms with Gasteiger partial charge in [-0.3, -0.25) is 9.59 Å². The summed E-state index contributed by atoms with van der Waals surface area (Å²) >= 11 is 0. The first kappa shape index (κ1) is 11.1. The van der Waals surface area contributed by atoms with E-state index in [1.54, 1.807) is 0 Å². The minimum Gasteiger partial charge on any atom is -0.830 e. The molecule has 0 heterocycles. The molecule has 0 aromatic carbocycles. The van der Waals surface area contributed by atoms with E-state index in [0.29, 0.717) is 0 Å². The molecule has 0 amide bonds. The first-order valence-corrected chi connectivity index (χ1v) is 4.10. The van der Waals surface area contributed by atoms with Crippen molar-refractivity contribution in [2.24, 2.45) is 5.50 Å². The van der Waals surface area contributed by atoms with Crippen molar-refractivity contribution in [2.75, 3.05) is 0 Å². The van der Waals surface area contributed by atoms with Gasteiger partial charge in [-0.15, -0.1) is 0 Å². The number of rotatable bonds is 0. The van der Waals surface area contributed by atoms with E-state index < -0.39 is 8.53 Å². The Labute approximate surface area is 70.2 Å². The molecule has 2 N–H and O–H groups in total. The van der Waals surface area contributed by atoms with Crippen LogP contribution in [0.3, 0.4) is 0 Å². The highest BCUT2D eigenvalue weighted by atomic mass is 31.2. The summed E-state index contributed by atoms with van der Waals surface area (Å²) < 4.78 is 0. The largest absolute Gasteiger partial charge is 0.830 e. The number of allylic oxidation sites excluding steroid dienone is 4. The van der Waals surface area contributed by atoms with E-state index in [4.69, 9.17) is 9.79 Å². The van der Waals surface area contributed by atoms with Gasteiger partial charge in [0.15, 0.2) is 11.6 Å². The lowest BCUT2D eigenvalue weighted by Gasteiger charge is -2.22. The van der Waals surface area contributed by atoms with Crippen LogP contribution in [0.15, 0.2) is 24.3 Å². The van der Waals surface area contributed by atoms with E-state index in [2.05, 4.69) is 5.50 Å². The molecule has 0 spiro atoms. The van der Waals surface area contributed by atoms with Gasteiger partial charge in [-0.1, -0.05) is 0 Å². The van der Waals surface area contributed by atoms with Crippen LogP contribution in [0.25, 0.3) is 0 Å². The van der Waals surface area contributed by atoms with Crippen molar-refractivity contribution in [3.05, 3.63) is 24.3 Å². The van der Waals surface area contributed by atoms with E-state index >= 15 is 0 Å². The number of carbonyl (C=O) groups excluding carboxylic acids is 2. The molecule has 0 atom stereocenters. The fourth-order valence-electron chi connectivity index (χ4n) is 0.440. The number of hydrogen-bond donors (Lipinski definition) is 1. The molecule has 0 aromatic rings. The molecule has 5 nitrogen and oxygen atoms in total. The van der Waals surface area contributed by atoms with E-state index in [-0.39, 0.29) is 11.6 Å². The molecule has 1 aliphatic carbocycles. The third-order valence-corrected chi connectivity index (χ3v) is 0.824. The van der Waals surface area contributed by atoms with Crippen molar-refractivity contribution >= 4 is 20.1 Å². The van der Waals surface area contributed by atoms with Crippen LogP contribution in [0.5, 0.6) is 0 Å². The second kappa shape index (κ2) is 5.74. The summed E-state index contributed by atoms with van der Waals surface area (Å²) in [6.07, 6.45) is 5.01. The minimum atomic E-state index is -2.62. The van der Waals surface area contributed by atoms with Crippen molar-refractivity contribution in [3.63, 3.8) is 0 Å². The van der Waals surface area contributed by atoms with Gasteiger partial charge in [-0.2, -0.15) is 0 Å². The van der Waals surface area contributed by atoms with Gasteiger partial charge in [0.05, 0.1) is 0 Å². The highest BCUT2D eigenvalue weighted by molar-refractivity contribution is 7.39. The Morgan fingerprint density at radius 3 is 1.33 bits per heavy atom. The van der Waals surface area contributed by atoms with E-state index in [1.807, 2.05) is 0 Å². The number of nitrogens with two attached hydrogens (primary N) is 1. The maximum Gasteiger partial charge on any atom is 0.178 e. The lowest BCUT2D eigenvalue weighted by molar-refractivity contribution is -0.292. The molecule has 0 radical (unpaired) electrons. The topological polar surface area (TPSA) is 106 Å². The molecule has 66 valence electrons. The summed E-state index contributed by atoms with van der Waals surface area (Å²) in [7, 11) is -2.62. The third-order valence-electron chi connectivity index (χ3n) is 0.824. The normalized spacial score (nSPS) is 14.7. The quantitative estimate of drug-likeness (QED) is 0.353. The van der Waals surface area contributed by atoms with Crippen molar-refractivity contribution in [1.82, 2.24) is 0 Å². The highest BCUT2D eigenvalue weighted by Crippen LogP contribution is 1.90. The van der Waals surface area contributed by atoms with Crippen LogP contribution in [0.1, 0.15) is 0 Å². The summed E-state index contributed by atoms with van der Waals surface area (Å²) in [6.45, 7) is 0. The van der Waals surface area contributed by atoms with Crippen LogP contribution in [0.4, 0.5) is 0 Å². The molecular weight excluding hydrogens is 181 g/mol. The Bertz CT molecular complexity index is 193. The SMILES string of the molecule is NP([O-])[O-].O=C1C=CC(=O)C=C1. The summed E-state index contributed by atoms with van der Waals surface area (Å²) in [4.78, 5) is 38.2. The first-order valence-electron chi connectivity index (χ1n) is 2.85. The van der Waals surface area contributed by atoms with Gasteiger partial charge in [0.25, 0.3) is 0 Å². The van der Waals surface area contributed by atoms with Crippen LogP contribution >= 0.6 is 8.53 Å². The second-order valence-corrected chi connectivity index (χ2v) is 2.33. The zero-order chi connectivity index (χ0) is 9.56. The average molecular weight is 187 g/mol. The number of ketones is 2. The molecule has 12 heavy (non-hydrogen) atoms. The third kappa shape index (κ3) is 7.24. The van der Waals surface area contributed by atoms with Crippen LogP contribution in [0.2, 0.25) is 0 Å². The number of carbonyl (C=O) groups is 2. The van der Waals surface area contributed by atoms with E-state index in [1.165, 1.54) is 24.3 Å². The van der Waals surface area contributed by atoms with E-state index in [0.717, 1.165) is 0 Å². The molecule has 0 fully saturated rings. The Kier molecular flexibility index (Phi) is 5.32. The molecule has 0 aliphatic heterocycles. The molecule has 0 saturated carbocycles. The first-order chi connectivity index (χ1) is 5.52. The molecular formula is C6H6NO4P-2. The van der Waals surface area contributed by atoms with E-state index in [9.17, 15) is 9.59 Å². The van der Waals surface area contributed by atoms with Crippen molar-refractivity contribution in [1.29, 1.82) is 0 Å². The maximum absolute atomic E-state index is 10.3. The molecule has 6 heteroatoms. The predicted octanol–water partition coefficient (Wildman–Crippen LogP) is -1.86. The lowest BCUT2D eigenvalue weighted by atomic mass is 10.2. The summed E-state index contributed by atoms with van der Waals surface area (Å²) in [5, 5.41) is 0. The Hall–Kier alpha value is -0.870. The van der Waals surface area contributed by atoms with Gasteiger partial charge in [0.2, 0.25) is 0 Å².